The van der Waals surface area contributed by atoms with Crippen molar-refractivity contribution in [3.05, 3.63) is 312 Å². The Labute approximate surface area is 417 Å². The topological polar surface area (TPSA) is 24.9 Å². The Hall–Kier alpha value is -9.12. The van der Waals surface area contributed by atoms with Gasteiger partial charge in [0.25, 0.3) is 0 Å². The molecule has 0 saturated heterocycles. The van der Waals surface area contributed by atoms with Gasteiger partial charge in [-0.1, -0.05) is 183 Å². The van der Waals surface area contributed by atoms with Crippen molar-refractivity contribution in [2.75, 3.05) is 9.80 Å². The van der Waals surface area contributed by atoms with E-state index in [0.717, 1.165) is 79.0 Å². The van der Waals surface area contributed by atoms with Crippen LogP contribution < -0.4 is 19.3 Å². The van der Waals surface area contributed by atoms with Crippen LogP contribution in [0.4, 0.5) is 34.1 Å². The van der Waals surface area contributed by atoms with Crippen molar-refractivity contribution < 1.29 is 9.47 Å². The molecular weight excluding hydrogens is 865 g/mol. The SMILES string of the molecule is C=Cc1ccc(COc2ccc(C3(c4ccc(OCc5ccc(C=C)cc5)cc4)c4cc(N(c5ccccc5)c5ccccc5)ccc4-c4ccc(N(c5ccccc5)c5ccccc5)cc43)cc2)cc1. The molecule has 342 valence electrons. The summed E-state index contributed by atoms with van der Waals surface area (Å²) in [6.45, 7) is 8.73. The van der Waals surface area contributed by atoms with E-state index < -0.39 is 5.41 Å². The Balaban J connectivity index is 1.11. The first-order valence-electron chi connectivity index (χ1n) is 24.1. The van der Waals surface area contributed by atoms with E-state index in [1.54, 1.807) is 0 Å². The first kappa shape index (κ1) is 44.4. The number of rotatable bonds is 16. The van der Waals surface area contributed by atoms with Gasteiger partial charge in [0, 0.05) is 34.1 Å². The van der Waals surface area contributed by atoms with Gasteiger partial charge in [-0.05, 0) is 153 Å². The molecule has 11 rings (SSSR count). The minimum Gasteiger partial charge on any atom is -0.489 e. The largest absolute Gasteiger partial charge is 0.489 e. The third-order valence-corrected chi connectivity index (χ3v) is 13.5. The summed E-state index contributed by atoms with van der Waals surface area (Å²) in [5.41, 5.74) is 16.9. The zero-order valence-electron chi connectivity index (χ0n) is 39.4. The molecule has 10 aromatic rings. The second kappa shape index (κ2) is 19.8. The summed E-state index contributed by atoms with van der Waals surface area (Å²) in [5.74, 6) is 1.59. The van der Waals surface area contributed by atoms with Gasteiger partial charge in [-0.15, -0.1) is 0 Å². The van der Waals surface area contributed by atoms with E-state index in [0.29, 0.717) is 13.2 Å². The quantitative estimate of drug-likeness (QED) is 0.0964. The molecule has 0 bridgehead atoms. The number of hydrogen-bond donors (Lipinski definition) is 0. The fourth-order valence-corrected chi connectivity index (χ4v) is 10.0. The minimum absolute atomic E-state index is 0.448. The summed E-state index contributed by atoms with van der Waals surface area (Å²) in [7, 11) is 0. The zero-order valence-corrected chi connectivity index (χ0v) is 39.4. The number of hydrogen-bond acceptors (Lipinski definition) is 4. The van der Waals surface area contributed by atoms with Crippen LogP contribution in [-0.2, 0) is 18.6 Å². The molecule has 0 aliphatic heterocycles. The molecule has 0 spiro atoms. The number of para-hydroxylation sites is 4. The van der Waals surface area contributed by atoms with Crippen LogP contribution in [0.15, 0.2) is 268 Å². The maximum atomic E-state index is 6.49. The Kier molecular flexibility index (Phi) is 12.4. The molecule has 0 atom stereocenters. The van der Waals surface area contributed by atoms with Crippen molar-refractivity contribution in [1.82, 2.24) is 0 Å². The second-order valence-electron chi connectivity index (χ2n) is 17.7. The van der Waals surface area contributed by atoms with Crippen molar-refractivity contribution in [3.8, 4) is 22.6 Å². The van der Waals surface area contributed by atoms with E-state index >= 15 is 0 Å². The molecule has 0 aromatic heterocycles. The van der Waals surface area contributed by atoms with Crippen LogP contribution in [0.3, 0.4) is 0 Å². The first-order valence-corrected chi connectivity index (χ1v) is 24.1. The lowest BCUT2D eigenvalue weighted by molar-refractivity contribution is 0.306. The van der Waals surface area contributed by atoms with Gasteiger partial charge in [0.2, 0.25) is 0 Å². The van der Waals surface area contributed by atoms with E-state index in [4.69, 9.17) is 9.47 Å². The van der Waals surface area contributed by atoms with E-state index in [2.05, 4.69) is 278 Å². The number of ether oxygens (including phenoxy) is 2. The number of benzene rings is 10. The lowest BCUT2D eigenvalue weighted by Crippen LogP contribution is -2.29. The number of anilines is 6. The molecule has 0 fully saturated rings. The molecule has 4 nitrogen and oxygen atoms in total. The maximum absolute atomic E-state index is 6.49. The van der Waals surface area contributed by atoms with Gasteiger partial charge >= 0.3 is 0 Å². The number of nitrogens with zero attached hydrogens (tertiary/aromatic N) is 2. The molecule has 1 aliphatic carbocycles. The summed E-state index contributed by atoms with van der Waals surface area (Å²) in [4.78, 5) is 4.70. The van der Waals surface area contributed by atoms with Gasteiger partial charge in [0.05, 0.1) is 5.41 Å². The Morgan fingerprint density at radius 3 is 0.972 bits per heavy atom. The fraction of sp³-hybridized carbons (Fsp3) is 0.0448. The van der Waals surface area contributed by atoms with Gasteiger partial charge in [-0.25, -0.2) is 0 Å². The summed E-state index contributed by atoms with van der Waals surface area (Å²) in [6.07, 6.45) is 3.72. The predicted molar refractivity (Wildman–Crippen MR) is 295 cm³/mol. The highest BCUT2D eigenvalue weighted by Crippen LogP contribution is 2.59. The third-order valence-electron chi connectivity index (χ3n) is 13.5. The highest BCUT2D eigenvalue weighted by molar-refractivity contribution is 5.92. The van der Waals surface area contributed by atoms with Crippen molar-refractivity contribution in [1.29, 1.82) is 0 Å². The molecule has 4 heteroatoms. The van der Waals surface area contributed by atoms with Crippen LogP contribution in [0.1, 0.15) is 44.5 Å². The van der Waals surface area contributed by atoms with Gasteiger partial charge in [0.15, 0.2) is 0 Å². The molecule has 0 heterocycles. The molecule has 0 radical (unpaired) electrons. The van der Waals surface area contributed by atoms with Crippen molar-refractivity contribution in [3.63, 3.8) is 0 Å². The van der Waals surface area contributed by atoms with Crippen LogP contribution in [0.5, 0.6) is 11.5 Å². The molecule has 0 saturated carbocycles. The normalized spacial score (nSPS) is 12.0. The van der Waals surface area contributed by atoms with Crippen molar-refractivity contribution in [2.45, 2.75) is 18.6 Å². The summed E-state index contributed by atoms with van der Waals surface area (Å²) in [6, 6.07) is 90.7. The highest BCUT2D eigenvalue weighted by Gasteiger charge is 2.47. The Morgan fingerprint density at radius 2 is 0.662 bits per heavy atom. The Bertz CT molecular complexity index is 3100. The summed E-state index contributed by atoms with van der Waals surface area (Å²) < 4.78 is 13.0. The van der Waals surface area contributed by atoms with Crippen molar-refractivity contribution in [2.24, 2.45) is 0 Å². The molecule has 0 amide bonds. The summed E-state index contributed by atoms with van der Waals surface area (Å²) >= 11 is 0. The van der Waals surface area contributed by atoms with Crippen LogP contribution in [0.2, 0.25) is 0 Å². The molecule has 71 heavy (non-hydrogen) atoms. The minimum atomic E-state index is -0.799. The Morgan fingerprint density at radius 1 is 0.338 bits per heavy atom. The predicted octanol–water partition coefficient (Wildman–Crippen LogP) is 17.4. The fourth-order valence-electron chi connectivity index (χ4n) is 10.0. The maximum Gasteiger partial charge on any atom is 0.119 e. The van der Waals surface area contributed by atoms with Crippen LogP contribution in [0, 0.1) is 0 Å². The van der Waals surface area contributed by atoms with Gasteiger partial charge in [-0.2, -0.15) is 0 Å². The van der Waals surface area contributed by atoms with Crippen molar-refractivity contribution >= 4 is 46.3 Å². The van der Waals surface area contributed by atoms with Crippen LogP contribution >= 0.6 is 0 Å². The van der Waals surface area contributed by atoms with Crippen LogP contribution in [0.25, 0.3) is 23.3 Å². The van der Waals surface area contributed by atoms with Gasteiger partial charge in [-0.3, -0.25) is 0 Å². The number of fused-ring (bicyclic) bond motifs is 3. The van der Waals surface area contributed by atoms with Gasteiger partial charge < -0.3 is 19.3 Å². The highest BCUT2D eigenvalue weighted by atomic mass is 16.5. The van der Waals surface area contributed by atoms with E-state index in [-0.39, 0.29) is 0 Å². The summed E-state index contributed by atoms with van der Waals surface area (Å²) in [5, 5.41) is 0. The first-order chi connectivity index (χ1) is 35.1. The molecule has 0 N–H and O–H groups in total. The smallest absolute Gasteiger partial charge is 0.119 e. The van der Waals surface area contributed by atoms with E-state index in [1.165, 1.54) is 22.3 Å². The second-order valence-corrected chi connectivity index (χ2v) is 17.7. The lowest BCUT2D eigenvalue weighted by Gasteiger charge is -2.36. The average molecular weight is 917 g/mol. The third kappa shape index (κ3) is 8.80. The molecule has 0 unspecified atom stereocenters. The van der Waals surface area contributed by atoms with E-state index in [9.17, 15) is 0 Å². The zero-order chi connectivity index (χ0) is 48.0. The standard InChI is InChI=1S/C67H52N2O2/c1-3-49-25-29-51(30-26-49)47-70-61-39-33-53(34-40-61)67(54-35-41-62(42-36-54)71-48-52-31-27-50(4-2)28-32-52)65-45-59(68(55-17-9-5-10-18-55)56-19-11-6-12-20-56)37-43-63(65)64-44-38-60(46-66(64)67)69(57-21-13-7-14-22-57)58-23-15-8-16-24-58/h3-46H,1-2,47-48H2. The van der Waals surface area contributed by atoms with E-state index in [1.807, 2.05) is 12.2 Å². The molecule has 10 aromatic carbocycles. The van der Waals surface area contributed by atoms with Gasteiger partial charge in [0.1, 0.15) is 24.7 Å². The average Bonchev–Trinajstić information content (AvgIpc) is 3.73. The molecule has 1 aliphatic rings. The molecular formula is C67H52N2O2. The van der Waals surface area contributed by atoms with Crippen LogP contribution in [-0.4, -0.2) is 0 Å². The monoisotopic (exact) mass is 916 g/mol. The lowest BCUT2D eigenvalue weighted by atomic mass is 9.67.